The molecule has 1 saturated carbocycles. The van der Waals surface area contributed by atoms with E-state index in [1.165, 1.54) is 6.42 Å². The van der Waals surface area contributed by atoms with Crippen molar-refractivity contribution in [2.24, 2.45) is 11.8 Å². The summed E-state index contributed by atoms with van der Waals surface area (Å²) < 4.78 is 5.71. The maximum absolute atomic E-state index is 12.2. The molecule has 5 heteroatoms. The van der Waals surface area contributed by atoms with E-state index in [4.69, 9.17) is 10.00 Å². The lowest BCUT2D eigenvalue weighted by Crippen LogP contribution is -2.44. The van der Waals surface area contributed by atoms with Gasteiger partial charge >= 0.3 is 0 Å². The van der Waals surface area contributed by atoms with E-state index in [-0.39, 0.29) is 0 Å². The fourth-order valence-electron chi connectivity index (χ4n) is 3.02. The van der Waals surface area contributed by atoms with Gasteiger partial charge in [0.2, 0.25) is 11.8 Å². The van der Waals surface area contributed by atoms with Crippen LogP contribution in [0, 0.1) is 23.2 Å². The normalized spacial score (nSPS) is 19.3. The molecule has 0 bridgehead atoms. The summed E-state index contributed by atoms with van der Waals surface area (Å²) in [5.41, 5.74) is 0.472. The number of likely N-dealkylation sites (tertiary alicyclic amines) is 1. The van der Waals surface area contributed by atoms with E-state index >= 15 is 0 Å². The Morgan fingerprint density at radius 3 is 2.77 bits per heavy atom. The first-order valence-electron chi connectivity index (χ1n) is 8.04. The van der Waals surface area contributed by atoms with Crippen LogP contribution >= 0.6 is 0 Å². The van der Waals surface area contributed by atoms with Gasteiger partial charge in [-0.15, -0.1) is 0 Å². The van der Waals surface area contributed by atoms with Gasteiger partial charge in [-0.1, -0.05) is 6.42 Å². The molecule has 116 valence electrons. The Morgan fingerprint density at radius 1 is 1.36 bits per heavy atom. The van der Waals surface area contributed by atoms with Crippen LogP contribution in [0.3, 0.4) is 0 Å². The first-order chi connectivity index (χ1) is 10.8. The van der Waals surface area contributed by atoms with E-state index < -0.39 is 0 Å². The maximum atomic E-state index is 12.2. The van der Waals surface area contributed by atoms with E-state index in [1.54, 1.807) is 18.3 Å². The highest BCUT2D eigenvalue weighted by molar-refractivity contribution is 5.79. The minimum absolute atomic E-state index is 0.291. The lowest BCUT2D eigenvalue weighted by Gasteiger charge is -2.36. The van der Waals surface area contributed by atoms with Crippen LogP contribution in [-0.2, 0) is 4.79 Å². The summed E-state index contributed by atoms with van der Waals surface area (Å²) >= 11 is 0. The molecule has 1 amide bonds. The van der Waals surface area contributed by atoms with Crippen LogP contribution in [0.2, 0.25) is 0 Å². The zero-order chi connectivity index (χ0) is 15.4. The third-order valence-electron chi connectivity index (χ3n) is 4.73. The van der Waals surface area contributed by atoms with Crippen LogP contribution in [0.1, 0.15) is 37.7 Å². The Morgan fingerprint density at radius 2 is 2.14 bits per heavy atom. The Bertz CT molecular complexity index is 570. The average Bonchev–Trinajstić information content (AvgIpc) is 2.52. The standard InChI is InChI=1S/C17H21N3O2/c18-11-15-5-2-8-19-16(15)22-12-13-6-9-20(10-7-13)17(21)14-3-1-4-14/h2,5,8,13-14H,1,3-4,6-7,9-10,12H2. The van der Waals surface area contributed by atoms with Gasteiger partial charge < -0.3 is 9.64 Å². The predicted molar refractivity (Wildman–Crippen MR) is 81.1 cm³/mol. The van der Waals surface area contributed by atoms with Crippen molar-refractivity contribution in [2.75, 3.05) is 19.7 Å². The molecule has 0 aromatic carbocycles. The molecule has 2 heterocycles. The van der Waals surface area contributed by atoms with Gasteiger partial charge in [0.15, 0.2) is 0 Å². The van der Waals surface area contributed by atoms with Crippen molar-refractivity contribution in [3.05, 3.63) is 23.9 Å². The van der Waals surface area contributed by atoms with Crippen molar-refractivity contribution in [1.29, 1.82) is 5.26 Å². The van der Waals surface area contributed by atoms with Crippen molar-refractivity contribution in [3.8, 4) is 11.9 Å². The second-order valence-electron chi connectivity index (χ2n) is 6.18. The van der Waals surface area contributed by atoms with Crippen molar-refractivity contribution in [3.63, 3.8) is 0 Å². The van der Waals surface area contributed by atoms with Crippen molar-refractivity contribution in [2.45, 2.75) is 32.1 Å². The summed E-state index contributed by atoms with van der Waals surface area (Å²) in [6.45, 7) is 2.23. The highest BCUT2D eigenvalue weighted by Crippen LogP contribution is 2.30. The number of ether oxygens (including phenoxy) is 1. The predicted octanol–water partition coefficient (Wildman–Crippen LogP) is 2.37. The fraction of sp³-hybridized carbons (Fsp3) is 0.588. The molecule has 5 nitrogen and oxygen atoms in total. The van der Waals surface area contributed by atoms with Crippen molar-refractivity contribution in [1.82, 2.24) is 9.88 Å². The van der Waals surface area contributed by atoms with Crippen LogP contribution < -0.4 is 4.74 Å². The third kappa shape index (κ3) is 3.22. The monoisotopic (exact) mass is 299 g/mol. The number of hydrogen-bond donors (Lipinski definition) is 0. The number of nitriles is 1. The molecule has 0 spiro atoms. The number of nitrogens with zero attached hydrogens (tertiary/aromatic N) is 3. The molecule has 0 atom stereocenters. The second-order valence-corrected chi connectivity index (χ2v) is 6.18. The molecule has 1 aromatic heterocycles. The molecular weight excluding hydrogens is 278 g/mol. The van der Waals surface area contributed by atoms with Crippen LogP contribution in [0.25, 0.3) is 0 Å². The number of carbonyl (C=O) groups is 1. The topological polar surface area (TPSA) is 66.2 Å². The molecule has 2 aliphatic rings. The van der Waals surface area contributed by atoms with Crippen LogP contribution in [0.15, 0.2) is 18.3 Å². The molecular formula is C17H21N3O2. The molecule has 1 aliphatic heterocycles. The van der Waals surface area contributed by atoms with E-state index in [0.29, 0.717) is 35.8 Å². The quantitative estimate of drug-likeness (QED) is 0.856. The largest absolute Gasteiger partial charge is 0.476 e. The van der Waals surface area contributed by atoms with Gasteiger partial charge in [0.1, 0.15) is 11.6 Å². The summed E-state index contributed by atoms with van der Waals surface area (Å²) in [6.07, 6.45) is 6.90. The van der Waals surface area contributed by atoms with E-state index in [0.717, 1.165) is 38.8 Å². The Labute approximate surface area is 130 Å². The Kier molecular flexibility index (Phi) is 4.57. The molecule has 1 saturated heterocycles. The summed E-state index contributed by atoms with van der Waals surface area (Å²) in [6, 6.07) is 5.53. The first-order valence-corrected chi connectivity index (χ1v) is 8.04. The van der Waals surface area contributed by atoms with Crippen LogP contribution in [0.5, 0.6) is 5.88 Å². The molecule has 0 N–H and O–H groups in total. The minimum atomic E-state index is 0.291. The summed E-state index contributed by atoms with van der Waals surface area (Å²) in [5, 5.41) is 9.02. The fourth-order valence-corrected chi connectivity index (χ4v) is 3.02. The highest BCUT2D eigenvalue weighted by atomic mass is 16.5. The van der Waals surface area contributed by atoms with Gasteiger partial charge in [0, 0.05) is 25.2 Å². The number of rotatable bonds is 4. The lowest BCUT2D eigenvalue weighted by atomic mass is 9.83. The summed E-state index contributed by atoms with van der Waals surface area (Å²) in [5.74, 6) is 1.48. The van der Waals surface area contributed by atoms with Gasteiger partial charge in [0.05, 0.1) is 6.61 Å². The van der Waals surface area contributed by atoms with Crippen LogP contribution in [0.4, 0.5) is 0 Å². The first kappa shape index (κ1) is 14.8. The zero-order valence-corrected chi connectivity index (χ0v) is 12.7. The number of aromatic nitrogens is 1. The zero-order valence-electron chi connectivity index (χ0n) is 12.7. The molecule has 2 fully saturated rings. The molecule has 3 rings (SSSR count). The Balaban J connectivity index is 1.46. The number of pyridine rings is 1. The molecule has 0 radical (unpaired) electrons. The summed E-state index contributed by atoms with van der Waals surface area (Å²) in [7, 11) is 0. The van der Waals surface area contributed by atoms with E-state index in [9.17, 15) is 4.79 Å². The van der Waals surface area contributed by atoms with Gasteiger partial charge in [-0.3, -0.25) is 4.79 Å². The van der Waals surface area contributed by atoms with E-state index in [1.807, 2.05) is 4.90 Å². The smallest absolute Gasteiger partial charge is 0.231 e. The van der Waals surface area contributed by atoms with Crippen molar-refractivity contribution >= 4 is 5.91 Å². The number of piperidine rings is 1. The highest BCUT2D eigenvalue weighted by Gasteiger charge is 2.31. The van der Waals surface area contributed by atoms with Gasteiger partial charge in [-0.05, 0) is 43.7 Å². The Hall–Kier alpha value is -2.09. The van der Waals surface area contributed by atoms with Gasteiger partial charge in [0.25, 0.3) is 0 Å². The SMILES string of the molecule is N#Cc1cccnc1OCC1CCN(C(=O)C2CCC2)CC1. The molecule has 1 aromatic rings. The maximum Gasteiger partial charge on any atom is 0.231 e. The molecule has 0 unspecified atom stereocenters. The van der Waals surface area contributed by atoms with Crippen LogP contribution in [-0.4, -0.2) is 35.5 Å². The molecule has 22 heavy (non-hydrogen) atoms. The van der Waals surface area contributed by atoms with E-state index in [2.05, 4.69) is 11.1 Å². The molecule has 1 aliphatic carbocycles. The summed E-state index contributed by atoms with van der Waals surface area (Å²) in [4.78, 5) is 18.3. The minimum Gasteiger partial charge on any atom is -0.476 e. The van der Waals surface area contributed by atoms with Gasteiger partial charge in [-0.2, -0.15) is 5.26 Å². The lowest BCUT2D eigenvalue weighted by molar-refractivity contribution is -0.139. The number of hydrogen-bond acceptors (Lipinski definition) is 4. The average molecular weight is 299 g/mol. The van der Waals surface area contributed by atoms with Gasteiger partial charge in [-0.25, -0.2) is 4.98 Å². The number of amides is 1. The van der Waals surface area contributed by atoms with Crippen molar-refractivity contribution < 1.29 is 9.53 Å². The third-order valence-corrected chi connectivity index (χ3v) is 4.73. The second kappa shape index (κ2) is 6.78. The number of carbonyl (C=O) groups excluding carboxylic acids is 1.